The Hall–Kier alpha value is -0.158. The minimum absolute atomic E-state index is 0.0258. The van der Waals surface area contributed by atoms with Crippen molar-refractivity contribution in [1.82, 2.24) is 0 Å². The second-order valence-corrected chi connectivity index (χ2v) is 11.5. The largest absolute Gasteiger partial charge is 0.505 e. The maximum Gasteiger partial charge on any atom is 0.416 e. The first kappa shape index (κ1) is 20.9. The first-order valence-corrected chi connectivity index (χ1v) is 10.9. The van der Waals surface area contributed by atoms with Crippen molar-refractivity contribution >= 4 is 24.3 Å². The lowest BCUT2D eigenvalue weighted by molar-refractivity contribution is 0.282. The number of halogens is 1. The molecule has 3 heteroatoms. The minimum Gasteiger partial charge on any atom is -0.505 e. The number of hydrogen-bond acceptors (Lipinski definition) is 1. The first-order valence-electron chi connectivity index (χ1n) is 8.47. The van der Waals surface area contributed by atoms with Crippen molar-refractivity contribution in [2.45, 2.75) is 90.4 Å². The summed E-state index contributed by atoms with van der Waals surface area (Å²) >= 11 is -0.230. The third-order valence-corrected chi connectivity index (χ3v) is 5.61. The molecule has 0 bridgehead atoms. The van der Waals surface area contributed by atoms with E-state index in [-0.39, 0.29) is 35.5 Å². The summed E-state index contributed by atoms with van der Waals surface area (Å²) in [6.07, 6.45) is 0. The molecule has 129 valence electrons. The molecular formula is C20H33AlClO. The molecule has 0 fully saturated rings. The molecule has 0 aliphatic heterocycles. The fourth-order valence-corrected chi connectivity index (χ4v) is 2.86. The van der Waals surface area contributed by atoms with Crippen molar-refractivity contribution in [3.63, 3.8) is 0 Å². The van der Waals surface area contributed by atoms with Crippen LogP contribution in [0.25, 0.3) is 0 Å². The molecule has 1 aromatic rings. The highest BCUT2D eigenvalue weighted by Crippen LogP contribution is 2.43. The van der Waals surface area contributed by atoms with Crippen LogP contribution in [-0.2, 0) is 16.2 Å². The van der Waals surface area contributed by atoms with E-state index in [2.05, 4.69) is 81.4 Å². The molecule has 1 aromatic carbocycles. The lowest BCUT2D eigenvalue weighted by Gasteiger charge is -2.34. The van der Waals surface area contributed by atoms with Crippen LogP contribution >= 0.6 is 10.0 Å². The molecule has 0 heterocycles. The van der Waals surface area contributed by atoms with Crippen molar-refractivity contribution in [2.75, 3.05) is 0 Å². The van der Waals surface area contributed by atoms with Crippen molar-refractivity contribution in [3.05, 3.63) is 28.8 Å². The van der Waals surface area contributed by atoms with E-state index in [1.807, 2.05) is 0 Å². The van der Waals surface area contributed by atoms with Crippen molar-refractivity contribution in [1.29, 1.82) is 0 Å². The predicted molar refractivity (Wildman–Crippen MR) is 104 cm³/mol. The zero-order valence-corrected chi connectivity index (χ0v) is 18.5. The molecule has 1 atom stereocenters. The Morgan fingerprint density at radius 3 is 1.48 bits per heavy atom. The van der Waals surface area contributed by atoms with Gasteiger partial charge in [0.15, 0.2) is 0 Å². The van der Waals surface area contributed by atoms with Crippen LogP contribution in [0, 0.1) is 0 Å². The molecule has 1 rings (SSSR count). The summed E-state index contributed by atoms with van der Waals surface area (Å²) in [4.78, 5) is 0.0827. The summed E-state index contributed by atoms with van der Waals surface area (Å²) in [5.74, 6) is 1.04. The van der Waals surface area contributed by atoms with E-state index in [0.717, 1.165) is 5.75 Å². The summed E-state index contributed by atoms with van der Waals surface area (Å²) in [7, 11) is 6.10. The van der Waals surface area contributed by atoms with E-state index >= 15 is 0 Å². The third kappa shape index (κ3) is 5.42. The predicted octanol–water partition coefficient (Wildman–Crippen LogP) is 6.16. The van der Waals surface area contributed by atoms with Crippen molar-refractivity contribution < 1.29 is 4.74 Å². The van der Waals surface area contributed by atoms with Crippen LogP contribution in [0.2, 0.25) is 0 Å². The Labute approximate surface area is 154 Å². The van der Waals surface area contributed by atoms with E-state index in [1.54, 1.807) is 0 Å². The van der Waals surface area contributed by atoms with Gasteiger partial charge in [-0.05, 0) is 28.7 Å². The van der Waals surface area contributed by atoms with Crippen LogP contribution in [-0.4, -0.2) is 19.3 Å². The highest BCUT2D eigenvalue weighted by Gasteiger charge is 2.30. The molecule has 0 saturated carbocycles. The highest BCUT2D eigenvalue weighted by atomic mass is 35.6. The van der Waals surface area contributed by atoms with Crippen LogP contribution in [0.1, 0.15) is 85.9 Å². The molecule has 0 saturated heterocycles. The molecule has 0 aromatic heterocycles. The molecule has 0 aliphatic rings. The quantitative estimate of drug-likeness (QED) is 0.592. The maximum atomic E-state index is 6.35. The van der Waals surface area contributed by atoms with Gasteiger partial charge in [0.25, 0.3) is 0 Å². The normalized spacial score (nSPS) is 14.6. The van der Waals surface area contributed by atoms with Gasteiger partial charge in [0, 0.05) is 11.1 Å². The Kier molecular flexibility index (Phi) is 6.35. The van der Waals surface area contributed by atoms with Gasteiger partial charge in [0.1, 0.15) is 5.75 Å². The van der Waals surface area contributed by atoms with E-state index in [4.69, 9.17) is 14.8 Å². The molecule has 1 unspecified atom stereocenters. The number of rotatable bonds is 3. The van der Waals surface area contributed by atoms with Gasteiger partial charge in [-0.1, -0.05) is 74.4 Å². The zero-order chi connectivity index (χ0) is 18.2. The number of hydrogen-bond donors (Lipinski definition) is 0. The molecule has 1 radical (unpaired) electrons. The van der Waals surface area contributed by atoms with E-state index in [1.165, 1.54) is 16.7 Å². The topological polar surface area (TPSA) is 9.23 Å². The van der Waals surface area contributed by atoms with Crippen molar-refractivity contribution in [2.24, 2.45) is 0 Å². The van der Waals surface area contributed by atoms with E-state index < -0.39 is 0 Å². The van der Waals surface area contributed by atoms with Crippen LogP contribution in [0.3, 0.4) is 0 Å². The van der Waals surface area contributed by atoms with Crippen LogP contribution in [0.15, 0.2) is 12.1 Å². The number of ether oxygens (including phenoxy) is 1. The van der Waals surface area contributed by atoms with E-state index in [9.17, 15) is 0 Å². The summed E-state index contributed by atoms with van der Waals surface area (Å²) < 4.78 is 6.35. The fraction of sp³-hybridized carbons (Fsp3) is 0.700. The monoisotopic (exact) mass is 351 g/mol. The molecule has 0 spiro atoms. The average molecular weight is 352 g/mol. The molecule has 23 heavy (non-hydrogen) atoms. The maximum absolute atomic E-state index is 6.35. The van der Waals surface area contributed by atoms with Gasteiger partial charge in [0.05, 0.1) is 4.97 Å². The lowest BCUT2D eigenvalue weighted by Crippen LogP contribution is -2.26. The fourth-order valence-electron chi connectivity index (χ4n) is 2.51. The van der Waals surface area contributed by atoms with E-state index in [0.29, 0.717) is 0 Å². The molecule has 0 aliphatic carbocycles. The van der Waals surface area contributed by atoms with Gasteiger partial charge in [-0.25, -0.2) is 0 Å². The highest BCUT2D eigenvalue weighted by molar-refractivity contribution is 6.94. The van der Waals surface area contributed by atoms with Gasteiger partial charge in [-0.2, -0.15) is 0 Å². The van der Waals surface area contributed by atoms with Gasteiger partial charge in [-0.15, -0.1) is 0 Å². The van der Waals surface area contributed by atoms with Crippen molar-refractivity contribution in [3.8, 4) is 5.75 Å². The van der Waals surface area contributed by atoms with Gasteiger partial charge < -0.3 is 4.74 Å². The number of benzene rings is 1. The van der Waals surface area contributed by atoms with Crippen LogP contribution in [0.5, 0.6) is 5.75 Å². The Balaban J connectivity index is 3.75. The van der Waals surface area contributed by atoms with Gasteiger partial charge in [0.2, 0.25) is 0 Å². The minimum atomic E-state index is -0.230. The second-order valence-electron chi connectivity index (χ2n) is 9.60. The summed E-state index contributed by atoms with van der Waals surface area (Å²) in [6.45, 7) is 22.4. The lowest BCUT2D eigenvalue weighted by atomic mass is 9.75. The van der Waals surface area contributed by atoms with Gasteiger partial charge in [-0.3, -0.25) is 10.0 Å². The Morgan fingerprint density at radius 1 is 0.826 bits per heavy atom. The van der Waals surface area contributed by atoms with Gasteiger partial charge >= 0.3 is 14.3 Å². The smallest absolute Gasteiger partial charge is 0.416 e. The average Bonchev–Trinajstić information content (AvgIpc) is 2.34. The summed E-state index contributed by atoms with van der Waals surface area (Å²) in [5.41, 5.74) is 4.10. The SMILES string of the molecule is C[CH](Oc1c(C(C)(C)C)cc(C(C)(C)C)cc1C(C)(C)C)[Al][Cl]. The standard InChI is InChI=1S/C20H33O.Al.ClH/c1-11-21-17-15(19(5,6)7)12-14(18(2,3)4)13-16(17)20(8,9)10;;/h11-13H,1-10H3;;1H/q;+1;/p-1. The Morgan fingerprint density at radius 2 is 1.22 bits per heavy atom. The molecule has 0 amide bonds. The second kappa shape index (κ2) is 6.99. The molecular weight excluding hydrogens is 319 g/mol. The van der Waals surface area contributed by atoms with Crippen LogP contribution < -0.4 is 4.74 Å². The van der Waals surface area contributed by atoms with Crippen LogP contribution in [0.4, 0.5) is 0 Å². The zero-order valence-electron chi connectivity index (χ0n) is 16.6. The first-order chi connectivity index (χ1) is 10.2. The third-order valence-electron chi connectivity index (χ3n) is 4.05. The Bertz CT molecular complexity index is 509. The molecule has 1 nitrogen and oxygen atoms in total. The summed E-state index contributed by atoms with van der Waals surface area (Å²) in [5, 5.41) is 0. The summed E-state index contributed by atoms with van der Waals surface area (Å²) in [6, 6.07) is 4.67. The molecule has 0 N–H and O–H groups in total.